The van der Waals surface area contributed by atoms with Gasteiger partial charge in [-0.25, -0.2) is 0 Å². The van der Waals surface area contributed by atoms with Gasteiger partial charge in [0.1, 0.15) is 0 Å². The van der Waals surface area contributed by atoms with Crippen molar-refractivity contribution in [2.45, 2.75) is 12.8 Å². The van der Waals surface area contributed by atoms with Gasteiger partial charge in [-0.3, -0.25) is 4.79 Å². The first kappa shape index (κ1) is 9.93. The molecule has 1 atom stereocenters. The maximum absolute atomic E-state index is 12.0. The van der Waals surface area contributed by atoms with Gasteiger partial charge in [0.25, 0.3) is 0 Å². The van der Waals surface area contributed by atoms with Gasteiger partial charge in [-0.15, -0.1) is 0 Å². The van der Waals surface area contributed by atoms with Gasteiger partial charge in [-0.2, -0.15) is 0 Å². The standard InChI is InChI=1S/C10H19N3O/c14-10(9-2-4-12-8-9)13-6-1-3-11-5-7-13/h9,11-12H,1-8H2/t9-/m0/s1. The molecular weight excluding hydrogens is 178 g/mol. The second-order valence-electron chi connectivity index (χ2n) is 4.12. The number of hydrogen-bond acceptors (Lipinski definition) is 3. The highest BCUT2D eigenvalue weighted by Gasteiger charge is 2.27. The van der Waals surface area contributed by atoms with Crippen LogP contribution in [0.5, 0.6) is 0 Å². The Morgan fingerprint density at radius 3 is 2.86 bits per heavy atom. The van der Waals surface area contributed by atoms with E-state index in [0.29, 0.717) is 5.91 Å². The van der Waals surface area contributed by atoms with Crippen molar-refractivity contribution in [3.05, 3.63) is 0 Å². The van der Waals surface area contributed by atoms with Gasteiger partial charge in [-0.1, -0.05) is 0 Å². The normalized spacial score (nSPS) is 28.9. The van der Waals surface area contributed by atoms with Crippen molar-refractivity contribution in [3.8, 4) is 0 Å². The average Bonchev–Trinajstić information content (AvgIpc) is 2.59. The third-order valence-corrected chi connectivity index (χ3v) is 3.06. The molecule has 0 saturated carbocycles. The highest BCUT2D eigenvalue weighted by atomic mass is 16.2. The number of nitrogens with one attached hydrogen (secondary N) is 2. The molecule has 2 rings (SSSR count). The van der Waals surface area contributed by atoms with Crippen molar-refractivity contribution >= 4 is 5.91 Å². The van der Waals surface area contributed by atoms with E-state index >= 15 is 0 Å². The second-order valence-corrected chi connectivity index (χ2v) is 4.12. The Morgan fingerprint density at radius 2 is 2.07 bits per heavy atom. The second kappa shape index (κ2) is 4.75. The van der Waals surface area contributed by atoms with Crippen LogP contribution in [0.3, 0.4) is 0 Å². The van der Waals surface area contributed by atoms with E-state index in [4.69, 9.17) is 0 Å². The Labute approximate surface area is 85.0 Å². The molecule has 2 saturated heterocycles. The van der Waals surface area contributed by atoms with Crippen molar-refractivity contribution in [2.75, 3.05) is 39.3 Å². The Kier molecular flexibility index (Phi) is 3.37. The minimum atomic E-state index is 0.244. The third-order valence-electron chi connectivity index (χ3n) is 3.06. The molecule has 0 bridgehead atoms. The lowest BCUT2D eigenvalue weighted by Gasteiger charge is -2.23. The molecule has 14 heavy (non-hydrogen) atoms. The molecule has 1 amide bonds. The van der Waals surface area contributed by atoms with E-state index in [1.807, 2.05) is 4.90 Å². The maximum atomic E-state index is 12.0. The van der Waals surface area contributed by atoms with Gasteiger partial charge in [0, 0.05) is 26.2 Å². The molecule has 2 fully saturated rings. The van der Waals surface area contributed by atoms with Gasteiger partial charge in [0.05, 0.1) is 5.92 Å². The van der Waals surface area contributed by atoms with Gasteiger partial charge < -0.3 is 15.5 Å². The predicted octanol–water partition coefficient (Wildman–Crippen LogP) is -0.582. The molecule has 0 unspecified atom stereocenters. The number of carbonyl (C=O) groups is 1. The zero-order valence-electron chi connectivity index (χ0n) is 8.59. The average molecular weight is 197 g/mol. The summed E-state index contributed by atoms with van der Waals surface area (Å²) in [5, 5.41) is 6.56. The molecule has 0 aromatic carbocycles. The first-order valence-corrected chi connectivity index (χ1v) is 5.58. The van der Waals surface area contributed by atoms with Crippen molar-refractivity contribution < 1.29 is 4.79 Å². The number of nitrogens with zero attached hydrogens (tertiary/aromatic N) is 1. The fourth-order valence-electron chi connectivity index (χ4n) is 2.19. The van der Waals surface area contributed by atoms with Crippen LogP contribution in [0.15, 0.2) is 0 Å². The Hall–Kier alpha value is -0.610. The quantitative estimate of drug-likeness (QED) is 0.591. The maximum Gasteiger partial charge on any atom is 0.227 e. The fourth-order valence-corrected chi connectivity index (χ4v) is 2.19. The van der Waals surface area contributed by atoms with E-state index in [9.17, 15) is 4.79 Å². The Balaban J connectivity index is 1.88. The van der Waals surface area contributed by atoms with Crippen molar-refractivity contribution in [3.63, 3.8) is 0 Å². The van der Waals surface area contributed by atoms with Crippen LogP contribution >= 0.6 is 0 Å². The lowest BCUT2D eigenvalue weighted by Crippen LogP contribution is -2.39. The van der Waals surface area contributed by atoms with Gasteiger partial charge in [0.15, 0.2) is 0 Å². The molecule has 2 aliphatic heterocycles. The zero-order chi connectivity index (χ0) is 9.80. The molecule has 0 aromatic rings. The van der Waals surface area contributed by atoms with Crippen molar-refractivity contribution in [2.24, 2.45) is 5.92 Å². The summed E-state index contributed by atoms with van der Waals surface area (Å²) in [5.41, 5.74) is 0. The summed E-state index contributed by atoms with van der Waals surface area (Å²) in [6, 6.07) is 0. The number of rotatable bonds is 1. The van der Waals surface area contributed by atoms with Crippen LogP contribution in [-0.2, 0) is 4.79 Å². The smallest absolute Gasteiger partial charge is 0.227 e. The summed E-state index contributed by atoms with van der Waals surface area (Å²) in [6.45, 7) is 5.70. The zero-order valence-corrected chi connectivity index (χ0v) is 8.59. The van der Waals surface area contributed by atoms with Crippen molar-refractivity contribution in [1.29, 1.82) is 0 Å². The van der Waals surface area contributed by atoms with Gasteiger partial charge >= 0.3 is 0 Å². The summed E-state index contributed by atoms with van der Waals surface area (Å²) < 4.78 is 0. The lowest BCUT2D eigenvalue weighted by atomic mass is 10.1. The van der Waals surface area contributed by atoms with Crippen LogP contribution in [0.1, 0.15) is 12.8 Å². The van der Waals surface area contributed by atoms with E-state index in [2.05, 4.69) is 10.6 Å². The lowest BCUT2D eigenvalue weighted by molar-refractivity contribution is -0.134. The molecule has 4 heteroatoms. The van der Waals surface area contributed by atoms with Crippen LogP contribution < -0.4 is 10.6 Å². The molecule has 2 aliphatic rings. The first-order chi connectivity index (χ1) is 6.88. The summed E-state index contributed by atoms with van der Waals surface area (Å²) in [7, 11) is 0. The van der Waals surface area contributed by atoms with Gasteiger partial charge in [-0.05, 0) is 25.9 Å². The third kappa shape index (κ3) is 2.25. The predicted molar refractivity (Wildman–Crippen MR) is 55.0 cm³/mol. The summed E-state index contributed by atoms with van der Waals surface area (Å²) in [5.74, 6) is 0.604. The monoisotopic (exact) mass is 197 g/mol. The molecule has 2 N–H and O–H groups in total. The molecule has 4 nitrogen and oxygen atoms in total. The van der Waals surface area contributed by atoms with Crippen LogP contribution in [0.25, 0.3) is 0 Å². The van der Waals surface area contributed by atoms with Crippen LogP contribution in [0, 0.1) is 5.92 Å². The molecular formula is C10H19N3O. The molecule has 0 radical (unpaired) electrons. The van der Waals surface area contributed by atoms with Gasteiger partial charge in [0.2, 0.25) is 5.91 Å². The van der Waals surface area contributed by atoms with Crippen LogP contribution in [-0.4, -0.2) is 50.1 Å². The topological polar surface area (TPSA) is 44.4 Å². The highest BCUT2D eigenvalue weighted by Crippen LogP contribution is 2.12. The minimum Gasteiger partial charge on any atom is -0.341 e. The molecule has 0 aromatic heterocycles. The number of hydrogen-bond donors (Lipinski definition) is 2. The fraction of sp³-hybridized carbons (Fsp3) is 0.900. The number of carbonyl (C=O) groups excluding carboxylic acids is 1. The minimum absolute atomic E-state index is 0.244. The SMILES string of the molecule is O=C([C@H]1CCNC1)N1CCCNCC1. The molecule has 80 valence electrons. The molecule has 0 spiro atoms. The van der Waals surface area contributed by atoms with E-state index < -0.39 is 0 Å². The first-order valence-electron chi connectivity index (χ1n) is 5.58. The summed E-state index contributed by atoms with van der Waals surface area (Å²) >= 11 is 0. The number of amides is 1. The molecule has 2 heterocycles. The largest absolute Gasteiger partial charge is 0.341 e. The van der Waals surface area contributed by atoms with Crippen LogP contribution in [0.2, 0.25) is 0 Å². The molecule has 0 aliphatic carbocycles. The van der Waals surface area contributed by atoms with E-state index in [-0.39, 0.29) is 5.92 Å². The Bertz CT molecular complexity index is 194. The summed E-state index contributed by atoms with van der Waals surface area (Å²) in [6.07, 6.45) is 2.11. The summed E-state index contributed by atoms with van der Waals surface area (Å²) in [4.78, 5) is 14.0. The van der Waals surface area contributed by atoms with Crippen LogP contribution in [0.4, 0.5) is 0 Å². The Morgan fingerprint density at radius 1 is 1.14 bits per heavy atom. The van der Waals surface area contributed by atoms with E-state index in [1.165, 1.54) is 0 Å². The van der Waals surface area contributed by atoms with Crippen molar-refractivity contribution in [1.82, 2.24) is 15.5 Å². The highest BCUT2D eigenvalue weighted by molar-refractivity contribution is 5.79. The van der Waals surface area contributed by atoms with E-state index in [1.54, 1.807) is 0 Å². The van der Waals surface area contributed by atoms with E-state index in [0.717, 1.165) is 52.1 Å².